The maximum atomic E-state index is 9.64. The molecule has 0 spiro atoms. The molecule has 0 bridgehead atoms. The van der Waals surface area contributed by atoms with E-state index in [0.29, 0.717) is 22.5 Å². The highest BCUT2D eigenvalue weighted by Gasteiger charge is 2.21. The normalized spacial score (nSPS) is 12.6. The van der Waals surface area contributed by atoms with Crippen LogP contribution in [0, 0.1) is 0 Å². The average Bonchev–Trinajstić information content (AvgIpc) is 3.70. The van der Waals surface area contributed by atoms with Gasteiger partial charge in [-0.1, -0.05) is 158 Å². The molecule has 2 nitrogen and oxygen atoms in total. The van der Waals surface area contributed by atoms with Gasteiger partial charge in [0.05, 0.1) is 16.6 Å². The Morgan fingerprint density at radius 1 is 0.375 bits per heavy atom. The first-order chi connectivity index (χ1) is 29.4. The number of benzene rings is 10. The van der Waals surface area contributed by atoms with Gasteiger partial charge in [0.15, 0.2) is 0 Å². The third kappa shape index (κ3) is 5.42. The van der Waals surface area contributed by atoms with Crippen LogP contribution in [0.5, 0.6) is 0 Å². The first kappa shape index (κ1) is 28.1. The Morgan fingerprint density at radius 3 is 1.84 bits per heavy atom. The molecule has 0 saturated heterocycles. The average molecular weight is 718 g/mol. The summed E-state index contributed by atoms with van der Waals surface area (Å²) in [4.78, 5) is 1.87. The SMILES string of the molecule is [2H]c1c([2H])c(N(c2ccc(-c3cccc(-c4cccc5ccccc45)c3)cc2)c2cccc3oc4c5ccccc5ccc4c23)c([2H])c([2H])c1-c1ccc2ccccc2c1. The monoisotopic (exact) mass is 717 g/mol. The molecule has 0 amide bonds. The molecule has 0 aliphatic heterocycles. The summed E-state index contributed by atoms with van der Waals surface area (Å²) in [6, 6.07) is 62.8. The summed E-state index contributed by atoms with van der Waals surface area (Å²) in [6.07, 6.45) is 0. The fraction of sp³-hybridized carbons (Fsp3) is 0. The van der Waals surface area contributed by atoms with E-state index in [1.807, 2.05) is 89.8 Å². The number of fused-ring (bicyclic) bond motifs is 7. The van der Waals surface area contributed by atoms with Crippen molar-refractivity contribution in [3.63, 3.8) is 0 Å². The third-order valence-electron chi connectivity index (χ3n) is 10.9. The molecule has 0 saturated carbocycles. The molecule has 0 radical (unpaired) electrons. The Bertz CT molecular complexity index is 3460. The first-order valence-corrected chi connectivity index (χ1v) is 18.8. The van der Waals surface area contributed by atoms with E-state index in [0.717, 1.165) is 54.6 Å². The molecule has 11 aromatic rings. The van der Waals surface area contributed by atoms with E-state index in [2.05, 4.69) is 103 Å². The van der Waals surface area contributed by atoms with Crippen LogP contribution in [0.15, 0.2) is 217 Å². The van der Waals surface area contributed by atoms with E-state index in [4.69, 9.17) is 4.42 Å². The molecule has 0 unspecified atom stereocenters. The lowest BCUT2D eigenvalue weighted by atomic mass is 9.95. The van der Waals surface area contributed by atoms with Gasteiger partial charge in [0, 0.05) is 22.1 Å². The van der Waals surface area contributed by atoms with E-state index in [1.165, 1.54) is 16.3 Å². The summed E-state index contributed by atoms with van der Waals surface area (Å²) in [5.41, 5.74) is 8.19. The number of hydrogen-bond donors (Lipinski definition) is 0. The second kappa shape index (κ2) is 13.2. The van der Waals surface area contributed by atoms with Crippen LogP contribution in [0.2, 0.25) is 0 Å². The van der Waals surface area contributed by atoms with Crippen molar-refractivity contribution in [2.75, 3.05) is 4.90 Å². The molecule has 1 heterocycles. The predicted octanol–water partition coefficient (Wildman–Crippen LogP) is 15.5. The van der Waals surface area contributed by atoms with Crippen LogP contribution >= 0.6 is 0 Å². The van der Waals surface area contributed by atoms with Gasteiger partial charge in [0.1, 0.15) is 11.2 Å². The quantitative estimate of drug-likeness (QED) is 0.170. The van der Waals surface area contributed by atoms with Crippen molar-refractivity contribution in [3.05, 3.63) is 212 Å². The standard InChI is InChI=1S/C54H35NO/c1-2-13-41-34-43(23-22-36(41)10-1)38-26-31-46(32-27-38)55(51-20-9-21-52-53(51)50-33-28-40-12-4-6-18-49(40)54(50)56-52)45-29-24-37(25-30-45)42-15-7-16-44(35-42)48-19-8-14-39-11-3-5-17-47(39)48/h1-35H/i26D,27D,31D,32D. The third-order valence-corrected chi connectivity index (χ3v) is 10.9. The summed E-state index contributed by atoms with van der Waals surface area (Å²) >= 11 is 0. The first-order valence-electron chi connectivity index (χ1n) is 20.8. The molecule has 10 aromatic carbocycles. The molecule has 1 aromatic heterocycles. The fourth-order valence-electron chi connectivity index (χ4n) is 8.16. The van der Waals surface area contributed by atoms with Gasteiger partial charge in [-0.3, -0.25) is 0 Å². The van der Waals surface area contributed by atoms with Crippen molar-refractivity contribution in [1.82, 2.24) is 0 Å². The molecule has 11 rings (SSSR count). The van der Waals surface area contributed by atoms with Crippen LogP contribution in [0.1, 0.15) is 5.48 Å². The molecule has 2 heteroatoms. The van der Waals surface area contributed by atoms with Crippen LogP contribution in [-0.4, -0.2) is 0 Å². The molecule has 0 aliphatic rings. The maximum absolute atomic E-state index is 9.64. The van der Waals surface area contributed by atoms with Crippen molar-refractivity contribution < 1.29 is 9.90 Å². The Hall–Kier alpha value is -7.42. The summed E-state index contributed by atoms with van der Waals surface area (Å²) in [7, 11) is 0. The van der Waals surface area contributed by atoms with Gasteiger partial charge in [-0.25, -0.2) is 0 Å². The Balaban J connectivity index is 1.10. The molecular formula is C54H35NO. The van der Waals surface area contributed by atoms with Crippen molar-refractivity contribution >= 4 is 71.3 Å². The van der Waals surface area contributed by atoms with Crippen LogP contribution < -0.4 is 4.90 Å². The lowest BCUT2D eigenvalue weighted by Gasteiger charge is -2.26. The molecule has 0 aliphatic carbocycles. The van der Waals surface area contributed by atoms with Crippen LogP contribution in [-0.2, 0) is 0 Å². The molecule has 0 N–H and O–H groups in total. The van der Waals surface area contributed by atoms with Gasteiger partial charge < -0.3 is 9.32 Å². The Morgan fingerprint density at radius 2 is 1.00 bits per heavy atom. The summed E-state index contributed by atoms with van der Waals surface area (Å²) in [5, 5.41) is 8.16. The predicted molar refractivity (Wildman–Crippen MR) is 237 cm³/mol. The maximum Gasteiger partial charge on any atom is 0.143 e. The second-order valence-corrected chi connectivity index (χ2v) is 14.2. The molecule has 0 atom stereocenters. The van der Waals surface area contributed by atoms with Gasteiger partial charge in [-0.15, -0.1) is 0 Å². The number of furan rings is 1. The zero-order valence-electron chi connectivity index (χ0n) is 34.3. The highest BCUT2D eigenvalue weighted by atomic mass is 16.3. The minimum atomic E-state index is -0.138. The van der Waals surface area contributed by atoms with E-state index in [9.17, 15) is 5.48 Å². The van der Waals surface area contributed by atoms with E-state index >= 15 is 0 Å². The van der Waals surface area contributed by atoms with Crippen molar-refractivity contribution in [2.24, 2.45) is 0 Å². The number of nitrogens with zero attached hydrogens (tertiary/aromatic N) is 1. The largest absolute Gasteiger partial charge is 0.455 e. The van der Waals surface area contributed by atoms with Gasteiger partial charge in [-0.05, 0) is 115 Å². The smallest absolute Gasteiger partial charge is 0.143 e. The fourth-order valence-corrected chi connectivity index (χ4v) is 8.16. The Kier molecular flexibility index (Phi) is 6.60. The van der Waals surface area contributed by atoms with Gasteiger partial charge in [0.25, 0.3) is 0 Å². The van der Waals surface area contributed by atoms with Gasteiger partial charge >= 0.3 is 0 Å². The van der Waals surface area contributed by atoms with Crippen molar-refractivity contribution in [3.8, 4) is 33.4 Å². The highest BCUT2D eigenvalue weighted by molar-refractivity contribution is 6.19. The van der Waals surface area contributed by atoms with Crippen molar-refractivity contribution in [2.45, 2.75) is 0 Å². The summed E-state index contributed by atoms with van der Waals surface area (Å²) < 4.78 is 44.8. The number of hydrogen-bond acceptors (Lipinski definition) is 2. The minimum absolute atomic E-state index is 0.108. The number of anilines is 3. The lowest BCUT2D eigenvalue weighted by molar-refractivity contribution is 0.672. The van der Waals surface area contributed by atoms with Crippen LogP contribution in [0.4, 0.5) is 17.1 Å². The molecule has 56 heavy (non-hydrogen) atoms. The van der Waals surface area contributed by atoms with Gasteiger partial charge in [0.2, 0.25) is 0 Å². The summed E-state index contributed by atoms with van der Waals surface area (Å²) in [6.45, 7) is 0. The zero-order valence-corrected chi connectivity index (χ0v) is 30.3. The van der Waals surface area contributed by atoms with Crippen LogP contribution in [0.25, 0.3) is 87.6 Å². The van der Waals surface area contributed by atoms with E-state index < -0.39 is 0 Å². The van der Waals surface area contributed by atoms with E-state index in [-0.39, 0.29) is 35.4 Å². The number of rotatable bonds is 6. The van der Waals surface area contributed by atoms with Crippen molar-refractivity contribution in [1.29, 1.82) is 0 Å². The molecule has 0 fully saturated rings. The minimum Gasteiger partial charge on any atom is -0.455 e. The van der Waals surface area contributed by atoms with Crippen LogP contribution in [0.3, 0.4) is 0 Å². The highest BCUT2D eigenvalue weighted by Crippen LogP contribution is 2.45. The lowest BCUT2D eigenvalue weighted by Crippen LogP contribution is -2.10. The second-order valence-electron chi connectivity index (χ2n) is 14.2. The van der Waals surface area contributed by atoms with E-state index in [1.54, 1.807) is 0 Å². The molecule has 262 valence electrons. The van der Waals surface area contributed by atoms with Gasteiger partial charge in [-0.2, -0.15) is 0 Å². The zero-order chi connectivity index (χ0) is 40.5. The summed E-state index contributed by atoms with van der Waals surface area (Å²) in [5.74, 6) is 0. The molecular weight excluding hydrogens is 679 g/mol. The topological polar surface area (TPSA) is 16.4 Å². The Labute approximate surface area is 330 Å².